The smallest absolute Gasteiger partial charge is 0.0685 e. The summed E-state index contributed by atoms with van der Waals surface area (Å²) in [5, 5.41) is 16.8. The fraction of sp³-hybridized carbons (Fsp3) is 0.500. The van der Waals surface area contributed by atoms with Crippen LogP contribution in [0.25, 0.3) is 0 Å². The van der Waals surface area contributed by atoms with Crippen LogP contribution in [0.4, 0.5) is 0 Å². The molecule has 2 aromatic rings. The van der Waals surface area contributed by atoms with Crippen molar-refractivity contribution >= 4 is 0 Å². The van der Waals surface area contributed by atoms with Crippen LogP contribution in [0.2, 0.25) is 0 Å². The Bertz CT molecular complexity index is 625. The van der Waals surface area contributed by atoms with Gasteiger partial charge in [-0.1, -0.05) is 24.3 Å². The normalized spacial score (nSPS) is 16.8. The third-order valence-corrected chi connectivity index (χ3v) is 4.81. The second kappa shape index (κ2) is 7.25. The molecular weight excluding hydrogens is 288 g/mol. The number of aromatic nitrogens is 2. The second-order valence-corrected chi connectivity index (χ2v) is 6.39. The van der Waals surface area contributed by atoms with Crippen molar-refractivity contribution in [2.45, 2.75) is 33.5 Å². The Morgan fingerprint density at radius 1 is 1.00 bits per heavy atom. The summed E-state index contributed by atoms with van der Waals surface area (Å²) in [6.07, 6.45) is 0. The SMILES string of the molecule is Cc1n[nH]c(C)c1CN1CCN(Cc2ccccc2CO)CC1. The summed E-state index contributed by atoms with van der Waals surface area (Å²) in [6.45, 7) is 10.5. The van der Waals surface area contributed by atoms with Crippen molar-refractivity contribution in [3.05, 3.63) is 52.3 Å². The lowest BCUT2D eigenvalue weighted by molar-refractivity contribution is 0.121. The highest BCUT2D eigenvalue weighted by Crippen LogP contribution is 2.16. The molecule has 1 aromatic carbocycles. The molecule has 0 saturated carbocycles. The molecule has 0 amide bonds. The molecule has 1 aliphatic heterocycles. The summed E-state index contributed by atoms with van der Waals surface area (Å²) in [7, 11) is 0. The molecule has 0 unspecified atom stereocenters. The molecule has 23 heavy (non-hydrogen) atoms. The van der Waals surface area contributed by atoms with Crippen molar-refractivity contribution in [2.24, 2.45) is 0 Å². The highest BCUT2D eigenvalue weighted by molar-refractivity contribution is 5.26. The topological polar surface area (TPSA) is 55.4 Å². The quantitative estimate of drug-likeness (QED) is 0.884. The molecule has 2 N–H and O–H groups in total. The van der Waals surface area contributed by atoms with Gasteiger partial charge in [0.15, 0.2) is 0 Å². The van der Waals surface area contributed by atoms with E-state index in [0.717, 1.165) is 50.5 Å². The number of hydrogen-bond acceptors (Lipinski definition) is 4. The van der Waals surface area contributed by atoms with E-state index in [0.29, 0.717) is 0 Å². The van der Waals surface area contributed by atoms with Crippen molar-refractivity contribution in [1.82, 2.24) is 20.0 Å². The van der Waals surface area contributed by atoms with E-state index < -0.39 is 0 Å². The maximum Gasteiger partial charge on any atom is 0.0685 e. The number of aliphatic hydroxyl groups is 1. The molecule has 124 valence electrons. The minimum atomic E-state index is 0.120. The molecule has 0 aliphatic carbocycles. The zero-order valence-electron chi connectivity index (χ0n) is 14.0. The van der Waals surface area contributed by atoms with Gasteiger partial charge in [0.2, 0.25) is 0 Å². The number of aryl methyl sites for hydroxylation is 2. The van der Waals surface area contributed by atoms with Crippen molar-refractivity contribution in [3.8, 4) is 0 Å². The minimum Gasteiger partial charge on any atom is -0.392 e. The first kappa shape index (κ1) is 16.2. The number of nitrogens with zero attached hydrogens (tertiary/aromatic N) is 3. The van der Waals surface area contributed by atoms with Gasteiger partial charge in [0, 0.05) is 50.5 Å². The number of rotatable bonds is 5. The molecule has 5 nitrogen and oxygen atoms in total. The van der Waals surface area contributed by atoms with Crippen LogP contribution in [-0.2, 0) is 19.7 Å². The van der Waals surface area contributed by atoms with Crippen LogP contribution in [0.15, 0.2) is 24.3 Å². The fourth-order valence-electron chi connectivity index (χ4n) is 3.24. The Morgan fingerprint density at radius 3 is 2.17 bits per heavy atom. The summed E-state index contributed by atoms with van der Waals surface area (Å²) in [5.41, 5.74) is 5.91. The van der Waals surface area contributed by atoms with E-state index in [1.807, 2.05) is 12.1 Å². The lowest BCUT2D eigenvalue weighted by Gasteiger charge is -2.35. The van der Waals surface area contributed by atoms with Crippen molar-refractivity contribution in [1.29, 1.82) is 0 Å². The zero-order chi connectivity index (χ0) is 16.2. The highest BCUT2D eigenvalue weighted by Gasteiger charge is 2.19. The Hall–Kier alpha value is -1.69. The maximum absolute atomic E-state index is 9.45. The lowest BCUT2D eigenvalue weighted by atomic mass is 10.1. The van der Waals surface area contributed by atoms with Gasteiger partial charge in [-0.2, -0.15) is 5.10 Å². The average molecular weight is 314 g/mol. The Balaban J connectivity index is 1.54. The largest absolute Gasteiger partial charge is 0.392 e. The third-order valence-electron chi connectivity index (χ3n) is 4.81. The molecule has 0 atom stereocenters. The molecular formula is C18H26N4O. The summed E-state index contributed by atoms with van der Waals surface area (Å²) in [5.74, 6) is 0. The molecule has 1 aromatic heterocycles. The Labute approximate surface area is 137 Å². The second-order valence-electron chi connectivity index (χ2n) is 6.39. The first-order valence-electron chi connectivity index (χ1n) is 8.30. The zero-order valence-corrected chi connectivity index (χ0v) is 14.0. The van der Waals surface area contributed by atoms with Gasteiger partial charge < -0.3 is 5.11 Å². The number of aliphatic hydroxyl groups excluding tert-OH is 1. The van der Waals surface area contributed by atoms with E-state index in [1.165, 1.54) is 16.8 Å². The summed E-state index contributed by atoms with van der Waals surface area (Å²) >= 11 is 0. The van der Waals surface area contributed by atoms with Gasteiger partial charge in [0.05, 0.1) is 12.3 Å². The van der Waals surface area contributed by atoms with E-state index in [1.54, 1.807) is 0 Å². The van der Waals surface area contributed by atoms with Crippen LogP contribution in [-0.4, -0.2) is 51.3 Å². The first-order chi connectivity index (χ1) is 11.2. The van der Waals surface area contributed by atoms with Crippen molar-refractivity contribution in [3.63, 3.8) is 0 Å². The fourth-order valence-corrected chi connectivity index (χ4v) is 3.24. The van der Waals surface area contributed by atoms with Crippen LogP contribution < -0.4 is 0 Å². The first-order valence-corrected chi connectivity index (χ1v) is 8.30. The molecule has 3 rings (SSSR count). The van der Waals surface area contributed by atoms with E-state index in [-0.39, 0.29) is 6.61 Å². The van der Waals surface area contributed by atoms with Crippen molar-refractivity contribution < 1.29 is 5.11 Å². The number of benzene rings is 1. The summed E-state index contributed by atoms with van der Waals surface area (Å²) in [4.78, 5) is 4.97. The maximum atomic E-state index is 9.45. The standard InChI is InChI=1S/C18H26N4O/c1-14-18(15(2)20-19-14)12-22-9-7-21(8-10-22)11-16-5-3-4-6-17(16)13-23/h3-6,23H,7-13H2,1-2H3,(H,19,20). The van der Waals surface area contributed by atoms with E-state index in [9.17, 15) is 5.11 Å². The van der Waals surface area contributed by atoms with Crippen LogP contribution in [0.5, 0.6) is 0 Å². The molecule has 1 fully saturated rings. The molecule has 0 bridgehead atoms. The average Bonchev–Trinajstić information content (AvgIpc) is 2.89. The van der Waals surface area contributed by atoms with Gasteiger partial charge in [-0.15, -0.1) is 0 Å². The number of nitrogens with one attached hydrogen (secondary N) is 1. The molecule has 0 radical (unpaired) electrons. The van der Waals surface area contributed by atoms with E-state index in [4.69, 9.17) is 0 Å². The van der Waals surface area contributed by atoms with Gasteiger partial charge in [0.25, 0.3) is 0 Å². The third kappa shape index (κ3) is 3.80. The van der Waals surface area contributed by atoms with Gasteiger partial charge in [-0.3, -0.25) is 14.9 Å². The van der Waals surface area contributed by atoms with Crippen LogP contribution >= 0.6 is 0 Å². The predicted octanol–water partition coefficient (Wildman–Crippen LogP) is 1.84. The summed E-state index contributed by atoms with van der Waals surface area (Å²) in [6, 6.07) is 8.17. The van der Waals surface area contributed by atoms with Crippen LogP contribution in [0.3, 0.4) is 0 Å². The highest BCUT2D eigenvalue weighted by atomic mass is 16.3. The summed E-state index contributed by atoms with van der Waals surface area (Å²) < 4.78 is 0. The van der Waals surface area contributed by atoms with Gasteiger partial charge in [0.1, 0.15) is 0 Å². The van der Waals surface area contributed by atoms with Gasteiger partial charge >= 0.3 is 0 Å². The Morgan fingerprint density at radius 2 is 1.61 bits per heavy atom. The number of hydrogen-bond donors (Lipinski definition) is 2. The van der Waals surface area contributed by atoms with Crippen molar-refractivity contribution in [2.75, 3.05) is 26.2 Å². The molecule has 1 aliphatic rings. The number of aromatic amines is 1. The monoisotopic (exact) mass is 314 g/mol. The van der Waals surface area contributed by atoms with E-state index >= 15 is 0 Å². The van der Waals surface area contributed by atoms with E-state index in [2.05, 4.69) is 46.0 Å². The molecule has 0 spiro atoms. The molecule has 2 heterocycles. The van der Waals surface area contributed by atoms with Gasteiger partial charge in [-0.25, -0.2) is 0 Å². The Kier molecular flexibility index (Phi) is 5.10. The lowest BCUT2D eigenvalue weighted by Crippen LogP contribution is -2.45. The predicted molar refractivity (Wildman–Crippen MR) is 91.0 cm³/mol. The van der Waals surface area contributed by atoms with Gasteiger partial charge in [-0.05, 0) is 25.0 Å². The number of H-pyrrole nitrogens is 1. The molecule has 5 heteroatoms. The van der Waals surface area contributed by atoms with Crippen LogP contribution in [0, 0.1) is 13.8 Å². The minimum absolute atomic E-state index is 0.120. The number of piperazine rings is 1. The van der Waals surface area contributed by atoms with Crippen LogP contribution in [0.1, 0.15) is 28.1 Å². The molecule has 1 saturated heterocycles.